The molecule has 1 saturated heterocycles. The largest absolute Gasteiger partial charge is 0.376 e. The molecule has 1 N–H and O–H groups in total. The van der Waals surface area contributed by atoms with Gasteiger partial charge in [-0.1, -0.05) is 0 Å². The van der Waals surface area contributed by atoms with E-state index in [0.29, 0.717) is 0 Å². The molecule has 0 aromatic rings. The second-order valence-corrected chi connectivity index (χ2v) is 1.11. The molecule has 1 aliphatic rings. The van der Waals surface area contributed by atoms with E-state index >= 15 is 0 Å². The van der Waals surface area contributed by atoms with Crippen LogP contribution in [-0.2, 0) is 4.74 Å². The van der Waals surface area contributed by atoms with E-state index < -0.39 is 6.19 Å². The topological polar surface area (TPSA) is 29.5 Å². The van der Waals surface area contributed by atoms with Gasteiger partial charge in [0.25, 0.3) is 0 Å². The third-order valence-electron chi connectivity index (χ3n) is 0.675. The smallest absolute Gasteiger partial charge is 0.223 e. The molecule has 1 rings (SSSR count). The van der Waals surface area contributed by atoms with E-state index in [-0.39, 0.29) is 0 Å². The van der Waals surface area contributed by atoms with Crippen LogP contribution >= 0.6 is 0 Å². The zero-order valence-electron chi connectivity index (χ0n) is 2.85. The second-order valence-electron chi connectivity index (χ2n) is 1.11. The van der Waals surface area contributed by atoms with Gasteiger partial charge < -0.3 is 9.84 Å². The molecule has 5 heavy (non-hydrogen) atoms. The summed E-state index contributed by atoms with van der Waals surface area (Å²) in [5.74, 6) is 0. The van der Waals surface area contributed by atoms with Crippen LogP contribution in [0.4, 0.5) is 0 Å². The molecule has 0 aliphatic carbocycles. The van der Waals surface area contributed by atoms with Crippen molar-refractivity contribution in [2.45, 2.75) is 6.19 Å². The minimum absolute atomic E-state index is 0.435. The maximum absolute atomic E-state index is 8.23. The summed E-state index contributed by atoms with van der Waals surface area (Å²) in [4.78, 5) is 0. The molecule has 0 spiro atoms. The average Bonchev–Trinajstić information content (AvgIpc) is 1.30. The third kappa shape index (κ3) is 0.438. The highest BCUT2D eigenvalue weighted by Gasteiger charge is 2.14. The van der Waals surface area contributed by atoms with E-state index in [9.17, 15) is 0 Å². The van der Waals surface area contributed by atoms with Gasteiger partial charge >= 0.3 is 0 Å². The average molecular weight is 71.9 g/mol. The van der Waals surface area contributed by atoms with Crippen LogP contribution in [0.3, 0.4) is 0 Å². The monoisotopic (exact) mass is 72.0 g/mol. The van der Waals surface area contributed by atoms with Crippen LogP contribution < -0.4 is 0 Å². The summed E-state index contributed by atoms with van der Waals surface area (Å²) in [6, 6.07) is 0. The molecule has 3 heteroatoms. The summed E-state index contributed by atoms with van der Waals surface area (Å²) in [7, 11) is 0.819. The van der Waals surface area contributed by atoms with E-state index in [1.54, 1.807) is 0 Å². The highest BCUT2D eigenvalue weighted by Crippen LogP contribution is 1.92. The predicted octanol–water partition coefficient (Wildman–Crippen LogP) is -1.31. The van der Waals surface area contributed by atoms with Crippen molar-refractivity contribution < 1.29 is 9.84 Å². The molecule has 28 valence electrons. The van der Waals surface area contributed by atoms with Crippen molar-refractivity contribution in [3.05, 3.63) is 0 Å². The van der Waals surface area contributed by atoms with Crippen LogP contribution in [0.15, 0.2) is 0 Å². The van der Waals surface area contributed by atoms with Crippen LogP contribution in [0.2, 0.25) is 0 Å². The lowest BCUT2D eigenvalue weighted by Gasteiger charge is -2.17. The van der Waals surface area contributed by atoms with Crippen LogP contribution in [0.1, 0.15) is 0 Å². The van der Waals surface area contributed by atoms with Gasteiger partial charge in [0.15, 0.2) is 0 Å². The molecule has 1 atom stereocenters. The Kier molecular flexibility index (Phi) is 0.632. The fraction of sp³-hybridized carbons (Fsp3) is 1.00. The maximum Gasteiger partial charge on any atom is 0.223 e. The molecule has 0 saturated carbocycles. The van der Waals surface area contributed by atoms with Gasteiger partial charge in [-0.2, -0.15) is 0 Å². The quantitative estimate of drug-likeness (QED) is 0.360. The van der Waals surface area contributed by atoms with Crippen molar-refractivity contribution in [1.29, 1.82) is 0 Å². The number of hydrogen-bond donors (Lipinski definition) is 1. The first-order valence-corrected chi connectivity index (χ1v) is 1.69. The standard InChI is InChI=1S/C2H5BO2/c4-2-3-1-5-2/h2-4H,1H2. The van der Waals surface area contributed by atoms with Gasteiger partial charge in [-0.05, 0) is 0 Å². The molecule has 0 aromatic heterocycles. The summed E-state index contributed by atoms with van der Waals surface area (Å²) in [5.41, 5.74) is 0. The van der Waals surface area contributed by atoms with E-state index in [4.69, 9.17) is 5.11 Å². The zero-order valence-corrected chi connectivity index (χ0v) is 2.85. The molecule has 0 radical (unpaired) electrons. The van der Waals surface area contributed by atoms with E-state index in [2.05, 4.69) is 4.74 Å². The van der Waals surface area contributed by atoms with Gasteiger partial charge in [-0.25, -0.2) is 0 Å². The van der Waals surface area contributed by atoms with Gasteiger partial charge in [0.05, 0.1) is 0 Å². The molecule has 1 heterocycles. The van der Waals surface area contributed by atoms with Crippen molar-refractivity contribution >= 4 is 7.28 Å². The second kappa shape index (κ2) is 0.991. The van der Waals surface area contributed by atoms with Crippen LogP contribution in [-0.4, -0.2) is 25.1 Å². The first kappa shape index (κ1) is 3.19. The van der Waals surface area contributed by atoms with Gasteiger partial charge in [0.2, 0.25) is 7.28 Å². The molecular weight excluding hydrogens is 66.8 g/mol. The van der Waals surface area contributed by atoms with E-state index in [0.717, 1.165) is 13.8 Å². The van der Waals surface area contributed by atoms with E-state index in [1.165, 1.54) is 0 Å². The molecule has 0 aromatic carbocycles. The number of aliphatic hydroxyl groups excluding tert-OH is 1. The summed E-state index contributed by atoms with van der Waals surface area (Å²) in [6.45, 7) is 0.737. The Morgan fingerprint density at radius 1 is 2.00 bits per heavy atom. The fourth-order valence-corrected chi connectivity index (χ4v) is 0.223. The van der Waals surface area contributed by atoms with Crippen molar-refractivity contribution in [3.8, 4) is 0 Å². The SMILES string of the molecule is OC1BCO1. The minimum Gasteiger partial charge on any atom is -0.376 e. The normalized spacial score (nSPS) is 35.0. The predicted molar refractivity (Wildman–Crippen MR) is 19.1 cm³/mol. The zero-order chi connectivity index (χ0) is 3.70. The highest BCUT2D eigenvalue weighted by molar-refractivity contribution is 6.38. The van der Waals surface area contributed by atoms with Crippen LogP contribution in [0, 0.1) is 0 Å². The van der Waals surface area contributed by atoms with Gasteiger partial charge in [0, 0.05) is 6.51 Å². The number of ether oxygens (including phenoxy) is 1. The first-order chi connectivity index (χ1) is 2.39. The van der Waals surface area contributed by atoms with E-state index in [1.807, 2.05) is 0 Å². The Morgan fingerprint density at radius 2 is 2.40 bits per heavy atom. The van der Waals surface area contributed by atoms with Crippen molar-refractivity contribution in [3.63, 3.8) is 0 Å². The Labute approximate surface area is 31.0 Å². The first-order valence-electron chi connectivity index (χ1n) is 1.69. The lowest BCUT2D eigenvalue weighted by atomic mass is 9.74. The van der Waals surface area contributed by atoms with Crippen molar-refractivity contribution in [2.24, 2.45) is 0 Å². The number of rotatable bonds is 0. The molecule has 0 amide bonds. The fourth-order valence-electron chi connectivity index (χ4n) is 0.223. The number of hydrogen-bond acceptors (Lipinski definition) is 2. The molecule has 2 nitrogen and oxygen atoms in total. The molecule has 1 fully saturated rings. The van der Waals surface area contributed by atoms with Crippen molar-refractivity contribution in [1.82, 2.24) is 0 Å². The highest BCUT2D eigenvalue weighted by atomic mass is 16.6. The van der Waals surface area contributed by atoms with Crippen LogP contribution in [0.25, 0.3) is 0 Å². The van der Waals surface area contributed by atoms with Gasteiger partial charge in [0.1, 0.15) is 6.19 Å². The summed E-state index contributed by atoms with van der Waals surface area (Å²) < 4.78 is 4.49. The van der Waals surface area contributed by atoms with Gasteiger partial charge in [-0.15, -0.1) is 0 Å². The Morgan fingerprint density at radius 3 is 2.40 bits per heavy atom. The summed E-state index contributed by atoms with van der Waals surface area (Å²) in [5, 5.41) is 8.23. The van der Waals surface area contributed by atoms with Crippen molar-refractivity contribution in [2.75, 3.05) is 6.51 Å². The van der Waals surface area contributed by atoms with Crippen LogP contribution in [0.5, 0.6) is 0 Å². The lowest BCUT2D eigenvalue weighted by Crippen LogP contribution is -2.36. The molecule has 1 aliphatic heterocycles. The summed E-state index contributed by atoms with van der Waals surface area (Å²) in [6.07, 6.45) is -0.435. The Bertz CT molecular complexity index is 34.6. The lowest BCUT2D eigenvalue weighted by molar-refractivity contribution is -0.0599. The molecular formula is C2H5BO2. The Hall–Kier alpha value is -0.0151. The van der Waals surface area contributed by atoms with Gasteiger partial charge in [-0.3, -0.25) is 0 Å². The third-order valence-corrected chi connectivity index (χ3v) is 0.675. The Balaban J connectivity index is 2.08. The minimum atomic E-state index is -0.435. The summed E-state index contributed by atoms with van der Waals surface area (Å²) >= 11 is 0. The number of aliphatic hydroxyl groups is 1. The maximum atomic E-state index is 8.23. The molecule has 1 unspecified atom stereocenters. The molecule has 0 bridgehead atoms.